The third-order valence-electron chi connectivity index (χ3n) is 7.64. The van der Waals surface area contributed by atoms with Crippen LogP contribution in [0.3, 0.4) is 0 Å². The number of benzene rings is 5. The lowest BCUT2D eigenvalue weighted by Crippen LogP contribution is -2.33. The van der Waals surface area contributed by atoms with Crippen molar-refractivity contribution in [2.75, 3.05) is 14.1 Å². The van der Waals surface area contributed by atoms with E-state index in [1.807, 2.05) is 0 Å². The Morgan fingerprint density at radius 3 is 1.39 bits per heavy atom. The first kappa shape index (κ1) is 27.6. The lowest BCUT2D eigenvalue weighted by atomic mass is 9.93. The highest BCUT2D eigenvalue weighted by atomic mass is 31.1. The second kappa shape index (κ2) is 12.9. The summed E-state index contributed by atoms with van der Waals surface area (Å²) in [6.45, 7) is 0. The molecular formula is C38H35NP2. The predicted octanol–water partition coefficient (Wildman–Crippen LogP) is 7.25. The van der Waals surface area contributed by atoms with Crippen molar-refractivity contribution in [2.45, 2.75) is 6.04 Å². The molecule has 1 aliphatic carbocycles. The van der Waals surface area contributed by atoms with Gasteiger partial charge in [0.05, 0.1) is 0 Å². The van der Waals surface area contributed by atoms with E-state index in [0.29, 0.717) is 0 Å². The molecule has 0 N–H and O–H groups in total. The molecule has 0 bridgehead atoms. The minimum Gasteiger partial charge on any atom is -0.301 e. The van der Waals surface area contributed by atoms with Gasteiger partial charge < -0.3 is 4.90 Å². The van der Waals surface area contributed by atoms with Crippen LogP contribution in [-0.4, -0.2) is 19.0 Å². The Balaban J connectivity index is 1.48. The Morgan fingerprint density at radius 1 is 0.512 bits per heavy atom. The minimum absolute atomic E-state index is 0.200. The SMILES string of the molecule is CN(C)[C@@H](c1ccccc1P(c1ccccc1)c1ccccc1)C1C=CC=C1P(c1ccccc1)c1ccccc1. The molecule has 1 aliphatic rings. The monoisotopic (exact) mass is 567 g/mol. The van der Waals surface area contributed by atoms with E-state index in [1.54, 1.807) is 0 Å². The van der Waals surface area contributed by atoms with E-state index in [-0.39, 0.29) is 12.0 Å². The normalized spacial score (nSPS) is 15.4. The molecule has 0 heterocycles. The first-order valence-corrected chi connectivity index (χ1v) is 16.8. The van der Waals surface area contributed by atoms with Crippen LogP contribution in [0.5, 0.6) is 0 Å². The molecule has 0 saturated carbocycles. The fourth-order valence-electron chi connectivity index (χ4n) is 5.89. The van der Waals surface area contributed by atoms with Crippen molar-refractivity contribution in [1.82, 2.24) is 4.90 Å². The lowest BCUT2D eigenvalue weighted by molar-refractivity contribution is 0.266. The van der Waals surface area contributed by atoms with Crippen LogP contribution in [0.4, 0.5) is 0 Å². The number of allylic oxidation sites excluding steroid dienone is 2. The quantitative estimate of drug-likeness (QED) is 0.170. The van der Waals surface area contributed by atoms with Crippen molar-refractivity contribution < 1.29 is 0 Å². The number of hydrogen-bond acceptors (Lipinski definition) is 1. The van der Waals surface area contributed by atoms with Crippen molar-refractivity contribution in [3.8, 4) is 0 Å². The molecule has 3 heteroatoms. The highest BCUT2D eigenvalue weighted by molar-refractivity contribution is 7.80. The van der Waals surface area contributed by atoms with Gasteiger partial charge in [0.25, 0.3) is 0 Å². The van der Waals surface area contributed by atoms with Gasteiger partial charge in [-0.2, -0.15) is 0 Å². The first-order valence-electron chi connectivity index (χ1n) is 14.2. The Bertz CT molecular complexity index is 1530. The van der Waals surface area contributed by atoms with E-state index in [9.17, 15) is 0 Å². The smallest absolute Gasteiger partial charge is 0.0452 e. The van der Waals surface area contributed by atoms with Crippen molar-refractivity contribution in [1.29, 1.82) is 0 Å². The average molecular weight is 568 g/mol. The zero-order chi connectivity index (χ0) is 28.0. The summed E-state index contributed by atoms with van der Waals surface area (Å²) in [5, 5.41) is 8.50. The van der Waals surface area contributed by atoms with Gasteiger partial charge >= 0.3 is 0 Å². The van der Waals surface area contributed by atoms with Crippen molar-refractivity contribution in [2.24, 2.45) is 5.92 Å². The summed E-state index contributed by atoms with van der Waals surface area (Å²) in [4.78, 5) is 2.43. The van der Waals surface area contributed by atoms with E-state index in [0.717, 1.165) is 0 Å². The highest BCUT2D eigenvalue weighted by Gasteiger charge is 2.35. The van der Waals surface area contributed by atoms with Crippen LogP contribution in [0.15, 0.2) is 169 Å². The highest BCUT2D eigenvalue weighted by Crippen LogP contribution is 2.53. The number of rotatable bonds is 9. The third kappa shape index (κ3) is 5.91. The molecule has 0 radical (unpaired) electrons. The lowest BCUT2D eigenvalue weighted by Gasteiger charge is -2.36. The second-order valence-electron chi connectivity index (χ2n) is 10.5. The van der Waals surface area contributed by atoms with Gasteiger partial charge in [0.2, 0.25) is 0 Å². The maximum absolute atomic E-state index is 2.44. The molecule has 0 saturated heterocycles. The number of hydrogen-bond donors (Lipinski definition) is 0. The van der Waals surface area contributed by atoms with Gasteiger partial charge in [-0.3, -0.25) is 0 Å². The Kier molecular flexibility index (Phi) is 8.69. The van der Waals surface area contributed by atoms with Crippen LogP contribution in [0.1, 0.15) is 11.6 Å². The summed E-state index contributed by atoms with van der Waals surface area (Å²) in [5.74, 6) is 0.265. The predicted molar refractivity (Wildman–Crippen MR) is 181 cm³/mol. The van der Waals surface area contributed by atoms with Gasteiger partial charge in [-0.15, -0.1) is 0 Å². The molecule has 1 nitrogen and oxygen atoms in total. The summed E-state index contributed by atoms with van der Waals surface area (Å²) >= 11 is 0. The van der Waals surface area contributed by atoms with Gasteiger partial charge in [0.15, 0.2) is 0 Å². The molecule has 0 aromatic heterocycles. The summed E-state index contributed by atoms with van der Waals surface area (Å²) < 4.78 is 0. The molecule has 202 valence electrons. The van der Waals surface area contributed by atoms with E-state index in [2.05, 4.69) is 183 Å². The molecule has 5 aromatic rings. The van der Waals surface area contributed by atoms with Crippen LogP contribution < -0.4 is 26.5 Å². The fourth-order valence-corrected chi connectivity index (χ4v) is 11.0. The van der Waals surface area contributed by atoms with Crippen LogP contribution >= 0.6 is 15.8 Å². The largest absolute Gasteiger partial charge is 0.301 e. The van der Waals surface area contributed by atoms with Gasteiger partial charge in [-0.05, 0) is 67.3 Å². The molecule has 0 fully saturated rings. The molecular weight excluding hydrogens is 532 g/mol. The van der Waals surface area contributed by atoms with Crippen LogP contribution in [0.2, 0.25) is 0 Å². The number of nitrogens with zero attached hydrogens (tertiary/aromatic N) is 1. The summed E-state index contributed by atoms with van der Waals surface area (Å²) in [6.07, 6.45) is 7.12. The second-order valence-corrected chi connectivity index (χ2v) is 14.9. The van der Waals surface area contributed by atoms with Crippen molar-refractivity contribution in [3.63, 3.8) is 0 Å². The van der Waals surface area contributed by atoms with Crippen molar-refractivity contribution in [3.05, 3.63) is 175 Å². The van der Waals surface area contributed by atoms with Crippen LogP contribution in [0, 0.1) is 5.92 Å². The fraction of sp³-hybridized carbons (Fsp3) is 0.105. The van der Waals surface area contributed by atoms with E-state index < -0.39 is 15.8 Å². The van der Waals surface area contributed by atoms with Crippen LogP contribution in [0.25, 0.3) is 0 Å². The van der Waals surface area contributed by atoms with Gasteiger partial charge in [-0.1, -0.05) is 164 Å². The van der Waals surface area contributed by atoms with Gasteiger partial charge in [-0.25, -0.2) is 0 Å². The summed E-state index contributed by atoms with van der Waals surface area (Å²) in [7, 11) is 3.09. The standard InChI is InChI=1S/C38H35NP2/c1-39(2)38(35-27-17-29-37(35)41(32-22-11-5-12-23-32)33-24-13-6-14-25-33)34-26-15-16-28-36(34)40(30-18-7-3-8-19-30)31-20-9-4-10-21-31/h3-29,35,38H,1-2H3/t35?,38-/m0/s1. The summed E-state index contributed by atoms with van der Waals surface area (Å²) in [6, 6.07) is 53.7. The third-order valence-corrected chi connectivity index (χ3v) is 12.7. The minimum atomic E-state index is -0.721. The molecule has 0 aliphatic heterocycles. The zero-order valence-electron chi connectivity index (χ0n) is 23.6. The molecule has 6 rings (SSSR count). The van der Waals surface area contributed by atoms with Crippen molar-refractivity contribution >= 4 is 42.4 Å². The van der Waals surface area contributed by atoms with E-state index in [1.165, 1.54) is 37.4 Å². The maximum atomic E-state index is 2.44. The Hall–Kier alpha value is -3.60. The molecule has 0 spiro atoms. The Morgan fingerprint density at radius 2 is 0.927 bits per heavy atom. The molecule has 5 aromatic carbocycles. The molecule has 41 heavy (non-hydrogen) atoms. The zero-order valence-corrected chi connectivity index (χ0v) is 25.4. The Labute approximate surface area is 247 Å². The average Bonchev–Trinajstić information content (AvgIpc) is 3.49. The van der Waals surface area contributed by atoms with Gasteiger partial charge in [0.1, 0.15) is 0 Å². The first-order chi connectivity index (χ1) is 20.2. The van der Waals surface area contributed by atoms with E-state index >= 15 is 0 Å². The summed E-state index contributed by atoms with van der Waals surface area (Å²) in [5.41, 5.74) is 1.41. The topological polar surface area (TPSA) is 3.24 Å². The molecule has 1 unspecified atom stereocenters. The molecule has 0 amide bonds. The maximum Gasteiger partial charge on any atom is 0.0452 e. The van der Waals surface area contributed by atoms with Crippen LogP contribution in [-0.2, 0) is 0 Å². The molecule has 2 atom stereocenters. The van der Waals surface area contributed by atoms with E-state index in [4.69, 9.17) is 0 Å². The van der Waals surface area contributed by atoms with Gasteiger partial charge in [0, 0.05) is 12.0 Å².